The molecule has 0 aliphatic heterocycles. The van der Waals surface area contributed by atoms with Crippen LogP contribution in [0.3, 0.4) is 0 Å². The molecule has 0 rings (SSSR count). The molecular formula is C13H24N6O8S2. The van der Waals surface area contributed by atoms with Gasteiger partial charge in [-0.3, -0.25) is 15.7 Å². The second-order valence-corrected chi connectivity index (χ2v) is 8.92. The second-order valence-electron chi connectivity index (χ2n) is 6.39. The van der Waals surface area contributed by atoms with Crippen LogP contribution in [-0.4, -0.2) is 88.6 Å². The van der Waals surface area contributed by atoms with E-state index in [1.54, 1.807) is 25.5 Å². The summed E-state index contributed by atoms with van der Waals surface area (Å²) < 4.78 is 31.8. The molecule has 16 heteroatoms. The summed E-state index contributed by atoms with van der Waals surface area (Å²) in [5.41, 5.74) is -1.57. The zero-order chi connectivity index (χ0) is 23.0. The van der Waals surface area contributed by atoms with Crippen LogP contribution in [0.4, 0.5) is 9.59 Å². The van der Waals surface area contributed by atoms with E-state index in [0.717, 1.165) is 7.05 Å². The Kier molecular flexibility index (Phi) is 10.0. The number of ether oxygens (including phenoxy) is 1. The Bertz CT molecular complexity index is 777. The third-order valence-corrected chi connectivity index (χ3v) is 4.72. The van der Waals surface area contributed by atoms with E-state index < -0.39 is 57.2 Å². The van der Waals surface area contributed by atoms with Gasteiger partial charge >= 0.3 is 22.4 Å². The number of thioether (sulfide) groups is 1. The van der Waals surface area contributed by atoms with Gasteiger partial charge in [0.1, 0.15) is 10.6 Å². The molecule has 7 N–H and O–H groups in total. The fraction of sp³-hybridized carbons (Fsp3) is 0.615. The van der Waals surface area contributed by atoms with Crippen molar-refractivity contribution in [1.82, 2.24) is 14.3 Å². The van der Waals surface area contributed by atoms with Gasteiger partial charge in [0, 0.05) is 19.3 Å². The van der Waals surface area contributed by atoms with Gasteiger partial charge in [-0.15, -0.1) is 11.8 Å². The molecule has 0 heterocycles. The predicted molar refractivity (Wildman–Crippen MR) is 105 cm³/mol. The Morgan fingerprint density at radius 1 is 1.31 bits per heavy atom. The molecule has 0 bridgehead atoms. The van der Waals surface area contributed by atoms with Gasteiger partial charge < -0.3 is 20.2 Å². The van der Waals surface area contributed by atoms with Crippen molar-refractivity contribution in [1.29, 1.82) is 10.8 Å². The Balaban J connectivity index is 4.63. The molecule has 2 amide bonds. The first-order valence-electron chi connectivity index (χ1n) is 7.77. The van der Waals surface area contributed by atoms with Crippen LogP contribution in [0.2, 0.25) is 0 Å². The maximum atomic E-state index is 11.7. The molecule has 166 valence electrons. The lowest BCUT2D eigenvalue weighted by atomic mass is 10.2. The monoisotopic (exact) mass is 456 g/mol. The molecular weight excluding hydrogens is 432 g/mol. The highest BCUT2D eigenvalue weighted by atomic mass is 32.2. The van der Waals surface area contributed by atoms with Gasteiger partial charge in [0.15, 0.2) is 11.5 Å². The summed E-state index contributed by atoms with van der Waals surface area (Å²) in [4.78, 5) is 22.7. The van der Waals surface area contributed by atoms with Crippen molar-refractivity contribution in [3.8, 4) is 0 Å². The lowest BCUT2D eigenvalue weighted by Crippen LogP contribution is -2.45. The Hall–Kier alpha value is -2.43. The fourth-order valence-corrected chi connectivity index (χ4v) is 2.91. The molecule has 0 aromatic heterocycles. The molecule has 0 aliphatic carbocycles. The number of rotatable bonds is 8. The van der Waals surface area contributed by atoms with Crippen molar-refractivity contribution < 1.29 is 38.2 Å². The molecule has 29 heavy (non-hydrogen) atoms. The van der Waals surface area contributed by atoms with Gasteiger partial charge in [-0.05, 0) is 20.8 Å². The van der Waals surface area contributed by atoms with Gasteiger partial charge in [0.05, 0.1) is 6.10 Å². The number of nitrogens with zero attached hydrogens (tertiary/aromatic N) is 2. The highest BCUT2D eigenvalue weighted by Gasteiger charge is 2.24. The van der Waals surface area contributed by atoms with E-state index in [-0.39, 0.29) is 5.75 Å². The highest BCUT2D eigenvalue weighted by molar-refractivity contribution is 8.15. The third-order valence-electron chi connectivity index (χ3n) is 2.71. The average Bonchev–Trinajstić information content (AvgIpc) is 2.55. The number of carbonyl (C=O) groups excluding carboxylic acids is 1. The van der Waals surface area contributed by atoms with Crippen LogP contribution < -0.4 is 9.44 Å². The summed E-state index contributed by atoms with van der Waals surface area (Å²) in [6.45, 7) is 4.09. The number of hydrogen-bond donors (Lipinski definition) is 7. The summed E-state index contributed by atoms with van der Waals surface area (Å²) >= 11 is 0.582. The smallest absolute Gasteiger partial charge is 0.422 e. The Morgan fingerprint density at radius 3 is 2.31 bits per heavy atom. The first-order chi connectivity index (χ1) is 13.1. The third kappa shape index (κ3) is 10.6. The van der Waals surface area contributed by atoms with Crippen molar-refractivity contribution in [2.24, 2.45) is 5.16 Å². The number of amides is 2. The van der Waals surface area contributed by atoms with Crippen LogP contribution in [0.25, 0.3) is 0 Å². The Labute approximate surface area is 171 Å². The van der Waals surface area contributed by atoms with Gasteiger partial charge in [0.25, 0.3) is 0 Å². The van der Waals surface area contributed by atoms with Crippen LogP contribution in [-0.2, 0) is 14.9 Å². The van der Waals surface area contributed by atoms with E-state index in [4.69, 9.17) is 25.9 Å². The summed E-state index contributed by atoms with van der Waals surface area (Å²) in [6, 6.07) is 0. The molecule has 0 spiro atoms. The first-order valence-corrected chi connectivity index (χ1v) is 10.2. The van der Waals surface area contributed by atoms with Gasteiger partial charge in [-0.1, -0.05) is 5.16 Å². The topological polar surface area (TPSA) is 226 Å². The zero-order valence-corrected chi connectivity index (χ0v) is 17.7. The minimum atomic E-state index is -4.31. The number of oxime groups is 1. The zero-order valence-electron chi connectivity index (χ0n) is 16.1. The number of carbonyl (C=O) groups is 2. The quantitative estimate of drug-likeness (QED) is 0.111. The first kappa shape index (κ1) is 26.6. The second kappa shape index (κ2) is 10.9. The molecule has 0 radical (unpaired) electrons. The SMILES string of the molecule is CN(C(=N)/C(=N/O)C(=N)SCC(O)CNS(=O)(=O)NC(=O)OC(C)(C)C)C(=O)O. The van der Waals surface area contributed by atoms with Gasteiger partial charge in [-0.25, -0.2) is 14.3 Å². The van der Waals surface area contributed by atoms with E-state index in [0.29, 0.717) is 16.7 Å². The average molecular weight is 457 g/mol. The largest absolute Gasteiger partial charge is 0.465 e. The van der Waals surface area contributed by atoms with Crippen molar-refractivity contribution in [3.05, 3.63) is 0 Å². The number of aliphatic hydroxyl groups is 1. The van der Waals surface area contributed by atoms with E-state index >= 15 is 0 Å². The molecule has 0 aromatic carbocycles. The van der Waals surface area contributed by atoms with Crippen LogP contribution in [0.5, 0.6) is 0 Å². The summed E-state index contributed by atoms with van der Waals surface area (Å²) in [5, 5.41) is 45.0. The van der Waals surface area contributed by atoms with E-state index in [1.165, 1.54) is 0 Å². The molecule has 0 aromatic rings. The summed E-state index contributed by atoms with van der Waals surface area (Å²) in [7, 11) is -3.30. The highest BCUT2D eigenvalue weighted by Crippen LogP contribution is 2.09. The molecule has 0 aliphatic rings. The minimum Gasteiger partial charge on any atom is -0.465 e. The lowest BCUT2D eigenvalue weighted by Gasteiger charge is -2.20. The number of amidine groups is 1. The fourth-order valence-electron chi connectivity index (χ4n) is 1.41. The maximum Gasteiger partial charge on any atom is 0.422 e. The van der Waals surface area contributed by atoms with Crippen LogP contribution in [0.15, 0.2) is 5.16 Å². The molecule has 14 nitrogen and oxygen atoms in total. The van der Waals surface area contributed by atoms with Gasteiger partial charge in [0.2, 0.25) is 0 Å². The van der Waals surface area contributed by atoms with Crippen molar-refractivity contribution in [3.63, 3.8) is 0 Å². The minimum absolute atomic E-state index is 0.267. The predicted octanol–water partition coefficient (Wildman–Crippen LogP) is -0.166. The summed E-state index contributed by atoms with van der Waals surface area (Å²) in [6.07, 6.45) is -4.05. The summed E-state index contributed by atoms with van der Waals surface area (Å²) in [5.74, 6) is -1.04. The standard InChI is InChI=1S/C13H24N6O8S2/c1-13(2,3)27-11(21)18-29(25,26)16-5-7(20)6-28-10(15)8(17-24)9(14)19(4)12(22)23/h7,14-16,20,24H,5-6H2,1-4H3,(H,18,21)(H,22,23)/b14-9?,15-10?,17-8-. The molecule has 0 fully saturated rings. The maximum absolute atomic E-state index is 11.7. The van der Waals surface area contributed by atoms with Crippen molar-refractivity contribution >= 4 is 50.7 Å². The lowest BCUT2D eigenvalue weighted by molar-refractivity contribution is 0.0569. The number of aliphatic hydroxyl groups excluding tert-OH is 1. The molecule has 0 saturated carbocycles. The Morgan fingerprint density at radius 2 is 1.86 bits per heavy atom. The van der Waals surface area contributed by atoms with Crippen molar-refractivity contribution in [2.45, 2.75) is 32.5 Å². The molecule has 1 atom stereocenters. The van der Waals surface area contributed by atoms with E-state index in [1.807, 2.05) is 4.72 Å². The van der Waals surface area contributed by atoms with E-state index in [9.17, 15) is 23.1 Å². The van der Waals surface area contributed by atoms with E-state index in [2.05, 4.69) is 5.16 Å². The van der Waals surface area contributed by atoms with Crippen LogP contribution in [0.1, 0.15) is 20.8 Å². The molecule has 0 saturated heterocycles. The van der Waals surface area contributed by atoms with Crippen LogP contribution in [0, 0.1) is 10.8 Å². The van der Waals surface area contributed by atoms with Crippen molar-refractivity contribution in [2.75, 3.05) is 19.3 Å². The number of nitrogens with one attached hydrogen (secondary N) is 4. The van der Waals surface area contributed by atoms with Crippen LogP contribution >= 0.6 is 11.8 Å². The van der Waals surface area contributed by atoms with Gasteiger partial charge in [-0.2, -0.15) is 13.1 Å². The number of carboxylic acid groups (broad SMARTS) is 1. The molecule has 1 unspecified atom stereocenters. The normalized spacial score (nSPS) is 13.3. The number of hydrogen-bond acceptors (Lipinski definition) is 11.